The van der Waals surface area contributed by atoms with Gasteiger partial charge in [-0.2, -0.15) is 5.26 Å². The first-order chi connectivity index (χ1) is 10.1. The predicted molar refractivity (Wildman–Crippen MR) is 81.0 cm³/mol. The molecule has 2 aromatic rings. The van der Waals surface area contributed by atoms with Gasteiger partial charge >= 0.3 is 0 Å². The standard InChI is InChI=1S/C16H14F2N2S/c1-20-6-2-3-10-7-12(13(16(17)18)8-14(10)20)15-5-4-11(9-19)21-15/h4-5,7-8,16H,2-3,6H2,1H3. The van der Waals surface area contributed by atoms with Crippen molar-refractivity contribution in [1.82, 2.24) is 0 Å². The summed E-state index contributed by atoms with van der Waals surface area (Å²) in [5.74, 6) is 0. The normalized spacial score (nSPS) is 14.1. The third-order valence-electron chi connectivity index (χ3n) is 3.82. The van der Waals surface area contributed by atoms with Gasteiger partial charge in [-0.1, -0.05) is 0 Å². The minimum atomic E-state index is -2.52. The number of alkyl halides is 2. The van der Waals surface area contributed by atoms with E-state index in [2.05, 4.69) is 6.07 Å². The molecular formula is C16H14F2N2S. The number of nitrogens with zero attached hydrogens (tertiary/aromatic N) is 2. The largest absolute Gasteiger partial charge is 0.374 e. The average Bonchev–Trinajstić information content (AvgIpc) is 2.95. The first-order valence-corrected chi connectivity index (χ1v) is 7.58. The van der Waals surface area contributed by atoms with Crippen molar-refractivity contribution in [1.29, 1.82) is 5.26 Å². The second kappa shape index (κ2) is 5.45. The number of hydrogen-bond donors (Lipinski definition) is 0. The van der Waals surface area contributed by atoms with Crippen molar-refractivity contribution in [2.24, 2.45) is 0 Å². The van der Waals surface area contributed by atoms with Gasteiger partial charge in [0.25, 0.3) is 6.43 Å². The number of nitriles is 1. The van der Waals surface area contributed by atoms with Crippen LogP contribution in [0.5, 0.6) is 0 Å². The van der Waals surface area contributed by atoms with Crippen molar-refractivity contribution in [2.45, 2.75) is 19.3 Å². The maximum Gasteiger partial charge on any atom is 0.264 e. The minimum absolute atomic E-state index is 0.0499. The van der Waals surface area contributed by atoms with Crippen LogP contribution >= 0.6 is 11.3 Å². The Balaban J connectivity index is 2.17. The first kappa shape index (κ1) is 14.0. The van der Waals surface area contributed by atoms with Crippen molar-refractivity contribution in [3.8, 4) is 16.5 Å². The van der Waals surface area contributed by atoms with Crippen LogP contribution < -0.4 is 4.90 Å². The lowest BCUT2D eigenvalue weighted by Gasteiger charge is -2.29. The molecule has 0 saturated carbocycles. The molecule has 5 heteroatoms. The van der Waals surface area contributed by atoms with E-state index in [1.807, 2.05) is 18.0 Å². The summed E-state index contributed by atoms with van der Waals surface area (Å²) in [6.07, 6.45) is -0.578. The van der Waals surface area contributed by atoms with Crippen molar-refractivity contribution in [3.63, 3.8) is 0 Å². The van der Waals surface area contributed by atoms with E-state index in [0.29, 0.717) is 10.4 Å². The molecule has 2 heterocycles. The van der Waals surface area contributed by atoms with Crippen LogP contribution in [0.2, 0.25) is 0 Å². The van der Waals surface area contributed by atoms with Gasteiger partial charge in [0.05, 0.1) is 0 Å². The summed E-state index contributed by atoms with van der Waals surface area (Å²) in [5.41, 5.74) is 2.62. The van der Waals surface area contributed by atoms with Crippen LogP contribution in [-0.2, 0) is 6.42 Å². The molecule has 0 unspecified atom stereocenters. The summed E-state index contributed by atoms with van der Waals surface area (Å²) >= 11 is 1.26. The van der Waals surface area contributed by atoms with E-state index < -0.39 is 6.43 Å². The molecular weight excluding hydrogens is 290 g/mol. The molecule has 1 aromatic heterocycles. The van der Waals surface area contributed by atoms with E-state index in [1.54, 1.807) is 18.2 Å². The lowest BCUT2D eigenvalue weighted by molar-refractivity contribution is 0.152. The fourth-order valence-corrected chi connectivity index (χ4v) is 3.61. The Labute approximate surface area is 126 Å². The molecule has 21 heavy (non-hydrogen) atoms. The average molecular weight is 304 g/mol. The highest BCUT2D eigenvalue weighted by molar-refractivity contribution is 7.16. The van der Waals surface area contributed by atoms with E-state index in [-0.39, 0.29) is 5.56 Å². The summed E-state index contributed by atoms with van der Waals surface area (Å²) in [4.78, 5) is 3.31. The van der Waals surface area contributed by atoms with E-state index in [9.17, 15) is 8.78 Å². The molecule has 1 aliphatic rings. The maximum atomic E-state index is 13.4. The molecule has 3 rings (SSSR count). The number of thiophene rings is 1. The summed E-state index contributed by atoms with van der Waals surface area (Å²) in [7, 11) is 1.94. The van der Waals surface area contributed by atoms with Crippen LogP contribution in [0.25, 0.3) is 10.4 Å². The Kier molecular flexibility index (Phi) is 3.64. The van der Waals surface area contributed by atoms with Crippen LogP contribution in [0.3, 0.4) is 0 Å². The van der Waals surface area contributed by atoms with Gasteiger partial charge in [-0.05, 0) is 42.7 Å². The van der Waals surface area contributed by atoms with Gasteiger partial charge in [0, 0.05) is 35.3 Å². The molecule has 0 radical (unpaired) electrons. The molecule has 2 nitrogen and oxygen atoms in total. The fourth-order valence-electron chi connectivity index (χ4n) is 2.77. The van der Waals surface area contributed by atoms with E-state index in [4.69, 9.17) is 5.26 Å². The van der Waals surface area contributed by atoms with Crippen molar-refractivity contribution in [3.05, 3.63) is 40.3 Å². The zero-order valence-corrected chi connectivity index (χ0v) is 12.4. The van der Waals surface area contributed by atoms with Gasteiger partial charge in [-0.3, -0.25) is 0 Å². The topological polar surface area (TPSA) is 27.0 Å². The highest BCUT2D eigenvalue weighted by atomic mass is 32.1. The molecule has 0 atom stereocenters. The van der Waals surface area contributed by atoms with Gasteiger partial charge < -0.3 is 4.90 Å². The number of halogens is 2. The van der Waals surface area contributed by atoms with Crippen molar-refractivity contribution < 1.29 is 8.78 Å². The highest BCUT2D eigenvalue weighted by Crippen LogP contribution is 2.40. The Bertz CT molecular complexity index is 716. The van der Waals surface area contributed by atoms with E-state index >= 15 is 0 Å². The van der Waals surface area contributed by atoms with E-state index in [1.165, 1.54) is 11.3 Å². The number of benzene rings is 1. The van der Waals surface area contributed by atoms with E-state index in [0.717, 1.165) is 35.5 Å². The molecule has 108 valence electrons. The third kappa shape index (κ3) is 2.52. The minimum Gasteiger partial charge on any atom is -0.374 e. The first-order valence-electron chi connectivity index (χ1n) is 6.76. The van der Waals surface area contributed by atoms with Crippen molar-refractivity contribution >= 4 is 17.0 Å². The number of aryl methyl sites for hydroxylation is 1. The number of rotatable bonds is 2. The lowest BCUT2D eigenvalue weighted by Crippen LogP contribution is -2.24. The predicted octanol–water partition coefficient (Wildman–Crippen LogP) is 4.61. The molecule has 0 aliphatic carbocycles. The van der Waals surface area contributed by atoms with Crippen molar-refractivity contribution in [2.75, 3.05) is 18.5 Å². The Morgan fingerprint density at radius 3 is 2.81 bits per heavy atom. The molecule has 0 saturated heterocycles. The Hall–Kier alpha value is -1.93. The lowest BCUT2D eigenvalue weighted by atomic mass is 9.95. The highest BCUT2D eigenvalue weighted by Gasteiger charge is 2.22. The second-order valence-electron chi connectivity index (χ2n) is 5.17. The fraction of sp³-hybridized carbons (Fsp3) is 0.312. The molecule has 0 spiro atoms. The number of fused-ring (bicyclic) bond motifs is 1. The Morgan fingerprint density at radius 1 is 1.33 bits per heavy atom. The molecule has 1 aromatic carbocycles. The van der Waals surface area contributed by atoms with Crippen LogP contribution in [0, 0.1) is 11.3 Å². The SMILES string of the molecule is CN1CCCc2cc(-c3ccc(C#N)s3)c(C(F)F)cc21. The van der Waals surface area contributed by atoms with Gasteiger partial charge in [-0.25, -0.2) is 8.78 Å². The molecule has 1 aliphatic heterocycles. The summed E-state index contributed by atoms with van der Waals surface area (Å²) < 4.78 is 26.8. The molecule has 0 bridgehead atoms. The van der Waals surface area contributed by atoms with Crippen LogP contribution in [-0.4, -0.2) is 13.6 Å². The van der Waals surface area contributed by atoms with Gasteiger partial charge in [-0.15, -0.1) is 11.3 Å². The molecule has 0 N–H and O–H groups in total. The van der Waals surface area contributed by atoms with Gasteiger partial charge in [0.1, 0.15) is 10.9 Å². The smallest absolute Gasteiger partial charge is 0.264 e. The van der Waals surface area contributed by atoms with Crippen LogP contribution in [0.4, 0.5) is 14.5 Å². The quantitative estimate of drug-likeness (QED) is 0.810. The Morgan fingerprint density at radius 2 is 2.14 bits per heavy atom. The summed E-state index contributed by atoms with van der Waals surface area (Å²) in [6, 6.07) is 8.98. The van der Waals surface area contributed by atoms with Crippen LogP contribution in [0.15, 0.2) is 24.3 Å². The molecule has 0 fully saturated rings. The maximum absolute atomic E-state index is 13.4. The van der Waals surface area contributed by atoms with Crippen LogP contribution in [0.1, 0.15) is 28.9 Å². The zero-order chi connectivity index (χ0) is 15.0. The summed E-state index contributed by atoms with van der Waals surface area (Å²) in [5, 5.41) is 8.91. The number of anilines is 1. The van der Waals surface area contributed by atoms with Gasteiger partial charge in [0.2, 0.25) is 0 Å². The monoisotopic (exact) mass is 304 g/mol. The molecule has 0 amide bonds. The summed E-state index contributed by atoms with van der Waals surface area (Å²) in [6.45, 7) is 0.895. The second-order valence-corrected chi connectivity index (χ2v) is 6.25. The zero-order valence-electron chi connectivity index (χ0n) is 11.6. The number of hydrogen-bond acceptors (Lipinski definition) is 3. The third-order valence-corrected chi connectivity index (χ3v) is 4.84. The van der Waals surface area contributed by atoms with Gasteiger partial charge in [0.15, 0.2) is 0 Å².